The van der Waals surface area contributed by atoms with Crippen molar-refractivity contribution in [3.8, 4) is 0 Å². The predicted octanol–water partition coefficient (Wildman–Crippen LogP) is 4.72. The van der Waals surface area contributed by atoms with Gasteiger partial charge >= 0.3 is 0 Å². The van der Waals surface area contributed by atoms with Crippen molar-refractivity contribution in [2.75, 3.05) is 11.9 Å². The zero-order valence-corrected chi connectivity index (χ0v) is 19.4. The molecule has 1 saturated carbocycles. The fourth-order valence-electron chi connectivity index (χ4n) is 4.89. The van der Waals surface area contributed by atoms with E-state index in [4.69, 9.17) is 0 Å². The smallest absolute Gasteiger partial charge is 0.254 e. The van der Waals surface area contributed by atoms with E-state index < -0.39 is 0 Å². The lowest BCUT2D eigenvalue weighted by Gasteiger charge is -2.30. The molecule has 7 heteroatoms. The Balaban J connectivity index is 1.07. The van der Waals surface area contributed by atoms with Crippen LogP contribution < -0.4 is 5.32 Å². The van der Waals surface area contributed by atoms with E-state index in [1.807, 2.05) is 47.4 Å². The Bertz CT molecular complexity index is 1120. The van der Waals surface area contributed by atoms with Gasteiger partial charge in [-0.3, -0.25) is 9.59 Å². The number of hydrogen-bond acceptors (Lipinski definition) is 5. The number of benzene rings is 2. The van der Waals surface area contributed by atoms with E-state index >= 15 is 0 Å². The number of carbonyl (C=O) groups excluding carboxylic acids is 2. The van der Waals surface area contributed by atoms with Crippen LogP contribution in [0.15, 0.2) is 54.6 Å². The van der Waals surface area contributed by atoms with Crippen molar-refractivity contribution >= 4 is 28.3 Å². The van der Waals surface area contributed by atoms with Gasteiger partial charge in [0.25, 0.3) is 5.91 Å². The molecule has 33 heavy (non-hydrogen) atoms. The highest BCUT2D eigenvalue weighted by molar-refractivity contribution is 7.15. The lowest BCUT2D eigenvalue weighted by Crippen LogP contribution is -2.34. The van der Waals surface area contributed by atoms with Gasteiger partial charge in [-0.05, 0) is 55.2 Å². The molecule has 3 aromatic rings. The highest BCUT2D eigenvalue weighted by Crippen LogP contribution is 2.32. The van der Waals surface area contributed by atoms with Gasteiger partial charge in [0, 0.05) is 31.0 Å². The molecule has 1 aromatic heterocycles. The summed E-state index contributed by atoms with van der Waals surface area (Å²) in [6.07, 6.45) is 5.38. The number of hydrogen-bond donors (Lipinski definition) is 1. The van der Waals surface area contributed by atoms with Gasteiger partial charge in [0.05, 0.1) is 0 Å². The Kier molecular flexibility index (Phi) is 6.48. The SMILES string of the molecule is O=C(Nc1nnc(CCc2ccccc2)s1)C1CCC(CN2Cc3ccccc3C2=O)CC1. The van der Waals surface area contributed by atoms with Gasteiger partial charge < -0.3 is 10.2 Å². The van der Waals surface area contributed by atoms with E-state index in [0.29, 0.717) is 17.6 Å². The number of nitrogens with zero attached hydrogens (tertiary/aromatic N) is 3. The third-order valence-electron chi connectivity index (χ3n) is 6.76. The van der Waals surface area contributed by atoms with Crippen LogP contribution in [0.25, 0.3) is 0 Å². The number of carbonyl (C=O) groups is 2. The van der Waals surface area contributed by atoms with Gasteiger partial charge in [0.1, 0.15) is 5.01 Å². The molecule has 6 nitrogen and oxygen atoms in total. The normalized spacial score (nSPS) is 20.0. The second-order valence-electron chi connectivity index (χ2n) is 9.04. The lowest BCUT2D eigenvalue weighted by molar-refractivity contribution is -0.121. The fraction of sp³-hybridized carbons (Fsp3) is 0.385. The second kappa shape index (κ2) is 9.83. The molecule has 170 valence electrons. The standard InChI is InChI=1S/C26H28N4O2S/c31-24(27-26-29-28-23(33-26)15-12-18-6-2-1-3-7-18)20-13-10-19(11-14-20)16-30-17-21-8-4-5-9-22(21)25(30)32/h1-9,19-20H,10-17H2,(H,27,29,31). The molecule has 1 aliphatic heterocycles. The first-order valence-corrected chi connectivity index (χ1v) is 12.5. The minimum atomic E-state index is 0.00407. The molecule has 1 fully saturated rings. The molecule has 2 amide bonds. The molecule has 1 N–H and O–H groups in total. The maximum Gasteiger partial charge on any atom is 0.254 e. The van der Waals surface area contributed by atoms with Gasteiger partial charge in [0.2, 0.25) is 11.0 Å². The average molecular weight is 461 g/mol. The van der Waals surface area contributed by atoms with E-state index in [-0.39, 0.29) is 17.7 Å². The molecule has 0 unspecified atom stereocenters. The fourth-order valence-corrected chi connectivity index (χ4v) is 5.63. The molecule has 2 aromatic carbocycles. The molecule has 0 radical (unpaired) electrons. The number of fused-ring (bicyclic) bond motifs is 1. The van der Waals surface area contributed by atoms with Crippen LogP contribution in [-0.2, 0) is 24.2 Å². The zero-order valence-electron chi connectivity index (χ0n) is 18.6. The number of anilines is 1. The summed E-state index contributed by atoms with van der Waals surface area (Å²) in [4.78, 5) is 27.4. The molecular weight excluding hydrogens is 432 g/mol. The molecular formula is C26H28N4O2S. The summed E-state index contributed by atoms with van der Waals surface area (Å²) < 4.78 is 0. The Morgan fingerprint density at radius 3 is 2.52 bits per heavy atom. The van der Waals surface area contributed by atoms with Crippen molar-refractivity contribution in [2.24, 2.45) is 11.8 Å². The largest absolute Gasteiger partial charge is 0.334 e. The van der Waals surface area contributed by atoms with Crippen LogP contribution in [0.5, 0.6) is 0 Å². The van der Waals surface area contributed by atoms with Gasteiger partial charge in [0.15, 0.2) is 0 Å². The third kappa shape index (κ3) is 5.14. The first-order chi connectivity index (χ1) is 16.2. The van der Waals surface area contributed by atoms with Gasteiger partial charge in [-0.1, -0.05) is 59.9 Å². The summed E-state index contributed by atoms with van der Waals surface area (Å²) >= 11 is 1.46. The number of amides is 2. The lowest BCUT2D eigenvalue weighted by atomic mass is 9.81. The minimum absolute atomic E-state index is 0.00407. The highest BCUT2D eigenvalue weighted by atomic mass is 32.1. The summed E-state index contributed by atoms with van der Waals surface area (Å²) in [5, 5.41) is 12.9. The zero-order chi connectivity index (χ0) is 22.6. The van der Waals surface area contributed by atoms with Crippen molar-refractivity contribution in [3.05, 3.63) is 76.3 Å². The van der Waals surface area contributed by atoms with Crippen LogP contribution in [0.2, 0.25) is 0 Å². The quantitative estimate of drug-likeness (QED) is 0.553. The van der Waals surface area contributed by atoms with Crippen LogP contribution >= 0.6 is 11.3 Å². The topological polar surface area (TPSA) is 75.2 Å². The number of aromatic nitrogens is 2. The maximum absolute atomic E-state index is 12.8. The minimum Gasteiger partial charge on any atom is -0.334 e. The summed E-state index contributed by atoms with van der Waals surface area (Å²) in [6.45, 7) is 1.49. The Labute approximate surface area is 198 Å². The molecule has 0 spiro atoms. The van der Waals surface area contributed by atoms with Crippen LogP contribution in [0.1, 0.15) is 52.2 Å². The van der Waals surface area contributed by atoms with Crippen LogP contribution in [-0.4, -0.2) is 33.5 Å². The predicted molar refractivity (Wildman–Crippen MR) is 129 cm³/mol. The van der Waals surface area contributed by atoms with Crippen molar-refractivity contribution in [1.29, 1.82) is 0 Å². The number of nitrogens with one attached hydrogen (secondary N) is 1. The Hall–Kier alpha value is -3.06. The van der Waals surface area contributed by atoms with Crippen molar-refractivity contribution in [1.82, 2.24) is 15.1 Å². The van der Waals surface area contributed by atoms with E-state index in [1.165, 1.54) is 16.9 Å². The number of rotatable bonds is 7. The summed E-state index contributed by atoms with van der Waals surface area (Å²) in [5.74, 6) is 0.650. The average Bonchev–Trinajstić information content (AvgIpc) is 3.43. The van der Waals surface area contributed by atoms with E-state index in [1.54, 1.807) is 0 Å². The van der Waals surface area contributed by atoms with Crippen LogP contribution in [0, 0.1) is 11.8 Å². The molecule has 5 rings (SSSR count). The first-order valence-electron chi connectivity index (χ1n) is 11.7. The van der Waals surface area contributed by atoms with Gasteiger partial charge in [-0.25, -0.2) is 0 Å². The Morgan fingerprint density at radius 2 is 1.73 bits per heavy atom. The van der Waals surface area contributed by atoms with Crippen molar-refractivity contribution in [2.45, 2.75) is 45.1 Å². The van der Waals surface area contributed by atoms with Crippen LogP contribution in [0.4, 0.5) is 5.13 Å². The molecule has 0 saturated heterocycles. The molecule has 0 atom stereocenters. The molecule has 2 aliphatic rings. The number of aryl methyl sites for hydroxylation is 2. The van der Waals surface area contributed by atoms with Gasteiger partial charge in [-0.15, -0.1) is 10.2 Å². The molecule has 0 bridgehead atoms. The van der Waals surface area contributed by atoms with Crippen molar-refractivity contribution in [3.63, 3.8) is 0 Å². The third-order valence-corrected chi connectivity index (χ3v) is 7.66. The van der Waals surface area contributed by atoms with Crippen molar-refractivity contribution < 1.29 is 9.59 Å². The Morgan fingerprint density at radius 1 is 0.970 bits per heavy atom. The monoisotopic (exact) mass is 460 g/mol. The van der Waals surface area contributed by atoms with Crippen LogP contribution in [0.3, 0.4) is 0 Å². The van der Waals surface area contributed by atoms with E-state index in [0.717, 1.165) is 61.2 Å². The van der Waals surface area contributed by atoms with Gasteiger partial charge in [-0.2, -0.15) is 0 Å². The van der Waals surface area contributed by atoms with E-state index in [2.05, 4.69) is 27.6 Å². The summed E-state index contributed by atoms with van der Waals surface area (Å²) in [6, 6.07) is 18.2. The van der Waals surface area contributed by atoms with E-state index in [9.17, 15) is 9.59 Å². The summed E-state index contributed by atoms with van der Waals surface area (Å²) in [5.41, 5.74) is 3.23. The first kappa shape index (κ1) is 21.8. The molecule has 2 heterocycles. The summed E-state index contributed by atoms with van der Waals surface area (Å²) in [7, 11) is 0. The molecule has 1 aliphatic carbocycles. The second-order valence-corrected chi connectivity index (χ2v) is 10.1. The highest BCUT2D eigenvalue weighted by Gasteiger charge is 2.32. The maximum atomic E-state index is 12.8.